The average molecular weight is 346 g/mol. The Bertz CT molecular complexity index is 31.8. The molecule has 0 fully saturated rings. The molecule has 6 heavy (non-hydrogen) atoms. The van der Waals surface area contributed by atoms with Gasteiger partial charge in [0.1, 0.15) is 0 Å². The molecule has 26 valence electrons. The molecule has 0 heterocycles. The van der Waals surface area contributed by atoms with Crippen molar-refractivity contribution in [2.75, 3.05) is 0 Å². The largest absolute Gasteiger partial charge is 1.00 e. The molecule has 0 bridgehead atoms. The average Bonchev–Trinajstić information content (AvgIpc) is 0.811. The first-order chi connectivity index (χ1) is 1.73. The molecule has 0 aliphatic rings. The van der Waals surface area contributed by atoms with Gasteiger partial charge in [-0.25, -0.2) is 0 Å². The Morgan fingerprint density at radius 3 is 1.17 bits per heavy atom. The van der Waals surface area contributed by atoms with Gasteiger partial charge in [0.15, 0.2) is 0 Å². The molecular weight excluding hydrogens is 345 g/mol. The predicted octanol–water partition coefficient (Wildman–Crippen LogP) is -7.90. The van der Waals surface area contributed by atoms with Crippen LogP contribution in [0.25, 0.3) is 0 Å². The molecule has 0 atom stereocenters. The molecule has 0 unspecified atom stereocenters. The van der Waals surface area contributed by atoms with E-state index in [1.54, 1.807) is 0 Å². The first-order valence-electron chi connectivity index (χ1n) is 0.612. The second-order valence-corrected chi connectivity index (χ2v) is 0.750. The topological polar surface area (TPSA) is 63.2 Å². The van der Waals surface area contributed by atoms with E-state index >= 15 is 0 Å². The van der Waals surface area contributed by atoms with E-state index in [4.69, 9.17) is 14.4 Å². The Morgan fingerprint density at radius 1 is 1.17 bits per heavy atom. The van der Waals surface area contributed by atoms with Crippen molar-refractivity contribution in [2.45, 2.75) is 0 Å². The summed E-state index contributed by atoms with van der Waals surface area (Å²) in [5.74, 6) is 0. The van der Waals surface area contributed by atoms with Gasteiger partial charge in [0.25, 0.3) is 0 Å². The van der Waals surface area contributed by atoms with Gasteiger partial charge in [0.2, 0.25) is 0 Å². The molecule has 0 spiro atoms. The smallest absolute Gasteiger partial charge is 0.813 e. The standard InChI is InChI=1S/2Cs.H3O3P/c;;1-4(2)3/h;;4H,(H2,1,2,3)/q2*+1;/p-2. The van der Waals surface area contributed by atoms with Crippen LogP contribution in [0.2, 0.25) is 0 Å². The van der Waals surface area contributed by atoms with Gasteiger partial charge in [0.05, 0.1) is 0 Å². The van der Waals surface area contributed by atoms with Crippen molar-refractivity contribution in [3.8, 4) is 0 Å². The summed E-state index contributed by atoms with van der Waals surface area (Å²) in [5, 5.41) is 0. The van der Waals surface area contributed by atoms with E-state index < -0.39 is 8.25 Å². The zero-order valence-corrected chi connectivity index (χ0v) is 17.3. The minimum Gasteiger partial charge on any atom is -0.813 e. The molecule has 0 aromatic carbocycles. The summed E-state index contributed by atoms with van der Waals surface area (Å²) >= 11 is 0. The summed E-state index contributed by atoms with van der Waals surface area (Å²) in [4.78, 5) is 17.0. The third-order valence-electron chi connectivity index (χ3n) is 0. The molecule has 0 amide bonds. The Kier molecular flexibility index (Phi) is 33.3. The summed E-state index contributed by atoms with van der Waals surface area (Å²) in [5.41, 5.74) is 0. The maximum atomic E-state index is 8.52. The minimum absolute atomic E-state index is 0. The molecule has 0 aromatic heterocycles. The monoisotopic (exact) mass is 346 g/mol. The van der Waals surface area contributed by atoms with Crippen LogP contribution in [0.3, 0.4) is 0 Å². The fraction of sp³-hybridized carbons (Fsp3) is 0. The minimum atomic E-state index is -3.63. The van der Waals surface area contributed by atoms with Crippen LogP contribution in [0.5, 0.6) is 0 Å². The van der Waals surface area contributed by atoms with Crippen LogP contribution < -0.4 is 148 Å². The molecule has 3 nitrogen and oxygen atoms in total. The van der Waals surface area contributed by atoms with Crippen LogP contribution in [0, 0.1) is 0 Å². The first-order valence-corrected chi connectivity index (χ1v) is 1.84. The van der Waals surface area contributed by atoms with Crippen LogP contribution in [0.1, 0.15) is 0 Å². The maximum Gasteiger partial charge on any atom is 1.00 e. The van der Waals surface area contributed by atoms with Crippen LogP contribution in [0.4, 0.5) is 0 Å². The van der Waals surface area contributed by atoms with Crippen LogP contribution in [-0.4, -0.2) is 0 Å². The van der Waals surface area contributed by atoms with Gasteiger partial charge in [-0.15, -0.1) is 0 Å². The molecular formula is HCs2O3P. The van der Waals surface area contributed by atoms with Crippen LogP contribution in [-0.2, 0) is 4.57 Å². The Labute approximate surface area is 154 Å². The van der Waals surface area contributed by atoms with E-state index in [1.807, 2.05) is 0 Å². The SMILES string of the molecule is O=[PH]([O-])[O-].[Cs+].[Cs+]. The predicted molar refractivity (Wildman–Crippen MR) is 9.00 cm³/mol. The van der Waals surface area contributed by atoms with Crippen LogP contribution in [0.15, 0.2) is 0 Å². The van der Waals surface area contributed by atoms with Gasteiger partial charge in [-0.05, 0) is 0 Å². The molecule has 0 radical (unpaired) electrons. The van der Waals surface area contributed by atoms with Crippen molar-refractivity contribution >= 4 is 8.25 Å². The van der Waals surface area contributed by atoms with Crippen molar-refractivity contribution < 1.29 is 152 Å². The van der Waals surface area contributed by atoms with Crippen molar-refractivity contribution in [1.29, 1.82) is 0 Å². The summed E-state index contributed by atoms with van der Waals surface area (Å²) in [6.45, 7) is 0. The van der Waals surface area contributed by atoms with Gasteiger partial charge in [-0.1, -0.05) is 8.25 Å². The van der Waals surface area contributed by atoms with E-state index in [-0.39, 0.29) is 138 Å². The molecule has 0 aliphatic carbocycles. The first kappa shape index (κ1) is 16.7. The molecule has 0 N–H and O–H groups in total. The van der Waals surface area contributed by atoms with Crippen molar-refractivity contribution in [3.63, 3.8) is 0 Å². The molecule has 0 aromatic rings. The van der Waals surface area contributed by atoms with E-state index in [9.17, 15) is 0 Å². The summed E-state index contributed by atoms with van der Waals surface area (Å²) in [6.07, 6.45) is 0. The molecule has 6 heteroatoms. The maximum absolute atomic E-state index is 8.52. The Hall–Kier alpha value is 4.25. The third kappa shape index (κ3) is 24.0. The zero-order valence-electron chi connectivity index (χ0n) is 3.72. The number of hydrogen-bond acceptors (Lipinski definition) is 3. The second kappa shape index (κ2) is 12.0. The quantitative estimate of drug-likeness (QED) is 0.410. The van der Waals surface area contributed by atoms with Gasteiger partial charge < -0.3 is 14.4 Å². The third-order valence-corrected chi connectivity index (χ3v) is 0. The van der Waals surface area contributed by atoms with Gasteiger partial charge in [-0.3, -0.25) is 0 Å². The summed E-state index contributed by atoms with van der Waals surface area (Å²) in [7, 11) is -3.63. The normalized spacial score (nSPS) is 5.83. The van der Waals surface area contributed by atoms with E-state index in [1.165, 1.54) is 0 Å². The zero-order chi connectivity index (χ0) is 3.58. The van der Waals surface area contributed by atoms with E-state index in [2.05, 4.69) is 0 Å². The van der Waals surface area contributed by atoms with Crippen molar-refractivity contribution in [1.82, 2.24) is 0 Å². The molecule has 0 rings (SSSR count). The summed E-state index contributed by atoms with van der Waals surface area (Å²) < 4.78 is 8.52. The molecule has 0 saturated carbocycles. The Balaban J connectivity index is -0.0000000450. The van der Waals surface area contributed by atoms with Crippen molar-refractivity contribution in [3.05, 3.63) is 0 Å². The Morgan fingerprint density at radius 2 is 1.17 bits per heavy atom. The van der Waals surface area contributed by atoms with Gasteiger partial charge in [-0.2, -0.15) is 0 Å². The van der Waals surface area contributed by atoms with E-state index in [0.29, 0.717) is 0 Å². The van der Waals surface area contributed by atoms with E-state index in [0.717, 1.165) is 0 Å². The van der Waals surface area contributed by atoms with Crippen molar-refractivity contribution in [2.24, 2.45) is 0 Å². The number of rotatable bonds is 0. The number of hydrogen-bond donors (Lipinski definition) is 0. The molecule has 0 aliphatic heterocycles. The fourth-order valence-electron chi connectivity index (χ4n) is 0. The van der Waals surface area contributed by atoms with Gasteiger partial charge in [0, 0.05) is 0 Å². The second-order valence-electron chi connectivity index (χ2n) is 0.250. The molecule has 0 saturated heterocycles. The van der Waals surface area contributed by atoms with Crippen LogP contribution >= 0.6 is 8.25 Å². The fourth-order valence-corrected chi connectivity index (χ4v) is 0. The summed E-state index contributed by atoms with van der Waals surface area (Å²) in [6, 6.07) is 0. The van der Waals surface area contributed by atoms with Gasteiger partial charge >= 0.3 is 138 Å².